The van der Waals surface area contributed by atoms with E-state index >= 15 is 0 Å². The molecule has 11 heavy (non-hydrogen) atoms. The van der Waals surface area contributed by atoms with Gasteiger partial charge in [0.05, 0.1) is 19.9 Å². The predicted octanol–water partition coefficient (Wildman–Crippen LogP) is 0.0775. The minimum absolute atomic E-state index is 0.129. The standard InChI is InChI=1S/C7H13FN2O/c1-9-6-10(4-2-3-8)5-7(9)11/h2-6H2,1H3. The first-order valence-electron chi connectivity index (χ1n) is 3.76. The lowest BCUT2D eigenvalue weighted by molar-refractivity contribution is -0.125. The second-order valence-electron chi connectivity index (χ2n) is 2.83. The Hall–Kier alpha value is -0.640. The largest absolute Gasteiger partial charge is 0.332 e. The molecule has 3 nitrogen and oxygen atoms in total. The Morgan fingerprint density at radius 2 is 2.36 bits per heavy atom. The second-order valence-corrected chi connectivity index (χ2v) is 2.83. The summed E-state index contributed by atoms with van der Waals surface area (Å²) in [5.41, 5.74) is 0. The van der Waals surface area contributed by atoms with Gasteiger partial charge in [-0.25, -0.2) is 0 Å². The number of carbonyl (C=O) groups is 1. The molecule has 0 aromatic heterocycles. The van der Waals surface area contributed by atoms with Gasteiger partial charge in [0.1, 0.15) is 0 Å². The monoisotopic (exact) mass is 160 g/mol. The van der Waals surface area contributed by atoms with Crippen molar-refractivity contribution in [1.82, 2.24) is 9.80 Å². The Morgan fingerprint density at radius 1 is 1.64 bits per heavy atom. The van der Waals surface area contributed by atoms with Gasteiger partial charge in [0.15, 0.2) is 0 Å². The molecule has 1 heterocycles. The van der Waals surface area contributed by atoms with Crippen LogP contribution in [0.25, 0.3) is 0 Å². The van der Waals surface area contributed by atoms with Gasteiger partial charge in [0.25, 0.3) is 0 Å². The van der Waals surface area contributed by atoms with E-state index in [0.29, 0.717) is 26.2 Å². The first-order valence-corrected chi connectivity index (χ1v) is 3.76. The predicted molar refractivity (Wildman–Crippen MR) is 39.8 cm³/mol. The fourth-order valence-electron chi connectivity index (χ4n) is 1.17. The summed E-state index contributed by atoms with van der Waals surface area (Å²) in [4.78, 5) is 14.5. The van der Waals surface area contributed by atoms with E-state index < -0.39 is 0 Å². The van der Waals surface area contributed by atoms with Crippen LogP contribution in [0.2, 0.25) is 0 Å². The average molecular weight is 160 g/mol. The van der Waals surface area contributed by atoms with Crippen molar-refractivity contribution in [1.29, 1.82) is 0 Å². The van der Waals surface area contributed by atoms with Crippen molar-refractivity contribution in [3.05, 3.63) is 0 Å². The summed E-state index contributed by atoms with van der Waals surface area (Å²) >= 11 is 0. The number of carbonyl (C=O) groups excluding carboxylic acids is 1. The summed E-state index contributed by atoms with van der Waals surface area (Å²) in [7, 11) is 1.76. The summed E-state index contributed by atoms with van der Waals surface area (Å²) in [6.07, 6.45) is 0.529. The summed E-state index contributed by atoms with van der Waals surface area (Å²) in [5, 5.41) is 0. The van der Waals surface area contributed by atoms with Crippen LogP contribution < -0.4 is 0 Å². The summed E-state index contributed by atoms with van der Waals surface area (Å²) < 4.78 is 11.7. The van der Waals surface area contributed by atoms with Gasteiger partial charge in [0.2, 0.25) is 5.91 Å². The zero-order chi connectivity index (χ0) is 8.27. The molecule has 1 saturated heterocycles. The van der Waals surface area contributed by atoms with E-state index in [1.54, 1.807) is 11.9 Å². The van der Waals surface area contributed by atoms with Gasteiger partial charge in [-0.3, -0.25) is 14.1 Å². The number of amides is 1. The third-order valence-corrected chi connectivity index (χ3v) is 1.80. The molecule has 1 fully saturated rings. The number of halogens is 1. The van der Waals surface area contributed by atoms with Crippen LogP contribution in [0, 0.1) is 0 Å². The summed E-state index contributed by atoms with van der Waals surface area (Å²) in [6, 6.07) is 0. The van der Waals surface area contributed by atoms with Crippen LogP contribution in [0.5, 0.6) is 0 Å². The average Bonchev–Trinajstić information content (AvgIpc) is 2.28. The van der Waals surface area contributed by atoms with Crippen LogP contribution >= 0.6 is 0 Å². The van der Waals surface area contributed by atoms with E-state index in [-0.39, 0.29) is 12.6 Å². The Bertz CT molecular complexity index is 151. The molecule has 0 atom stereocenters. The van der Waals surface area contributed by atoms with Gasteiger partial charge < -0.3 is 4.90 Å². The van der Waals surface area contributed by atoms with Crippen molar-refractivity contribution < 1.29 is 9.18 Å². The fraction of sp³-hybridized carbons (Fsp3) is 0.857. The smallest absolute Gasteiger partial charge is 0.237 e. The first kappa shape index (κ1) is 8.46. The molecule has 0 unspecified atom stereocenters. The van der Waals surface area contributed by atoms with Gasteiger partial charge >= 0.3 is 0 Å². The molecule has 64 valence electrons. The first-order chi connectivity index (χ1) is 5.24. The van der Waals surface area contributed by atoms with Crippen LogP contribution in [0.15, 0.2) is 0 Å². The van der Waals surface area contributed by atoms with Crippen LogP contribution in [0.4, 0.5) is 4.39 Å². The van der Waals surface area contributed by atoms with Gasteiger partial charge in [-0.1, -0.05) is 0 Å². The number of hydrogen-bond acceptors (Lipinski definition) is 2. The van der Waals surface area contributed by atoms with Gasteiger partial charge in [-0.2, -0.15) is 0 Å². The van der Waals surface area contributed by atoms with E-state index in [1.165, 1.54) is 0 Å². The third-order valence-electron chi connectivity index (χ3n) is 1.80. The quantitative estimate of drug-likeness (QED) is 0.583. The van der Waals surface area contributed by atoms with E-state index in [1.807, 2.05) is 4.90 Å². The van der Waals surface area contributed by atoms with Crippen LogP contribution in [0.3, 0.4) is 0 Å². The van der Waals surface area contributed by atoms with E-state index in [4.69, 9.17) is 0 Å². The van der Waals surface area contributed by atoms with Gasteiger partial charge in [-0.05, 0) is 6.42 Å². The normalized spacial score (nSPS) is 19.8. The van der Waals surface area contributed by atoms with Gasteiger partial charge in [0, 0.05) is 13.6 Å². The summed E-state index contributed by atoms with van der Waals surface area (Å²) in [6.45, 7) is 1.50. The van der Waals surface area contributed by atoms with E-state index in [2.05, 4.69) is 0 Å². The molecule has 0 aliphatic carbocycles. The highest BCUT2D eigenvalue weighted by molar-refractivity contribution is 5.79. The summed E-state index contributed by atoms with van der Waals surface area (Å²) in [5.74, 6) is 0.129. The van der Waals surface area contributed by atoms with Crippen molar-refractivity contribution in [3.8, 4) is 0 Å². The number of nitrogens with zero attached hydrogens (tertiary/aromatic N) is 2. The Labute approximate surface area is 65.8 Å². The highest BCUT2D eigenvalue weighted by atomic mass is 19.1. The molecular weight excluding hydrogens is 147 g/mol. The zero-order valence-corrected chi connectivity index (χ0v) is 6.72. The number of alkyl halides is 1. The molecular formula is C7H13FN2O. The Kier molecular flexibility index (Phi) is 2.82. The minimum Gasteiger partial charge on any atom is -0.332 e. The Balaban J connectivity index is 2.24. The lowest BCUT2D eigenvalue weighted by Crippen LogP contribution is -2.24. The molecule has 0 bridgehead atoms. The molecule has 0 aromatic rings. The van der Waals surface area contributed by atoms with Crippen LogP contribution in [0.1, 0.15) is 6.42 Å². The molecule has 0 N–H and O–H groups in total. The Morgan fingerprint density at radius 3 is 2.82 bits per heavy atom. The van der Waals surface area contributed by atoms with Crippen molar-refractivity contribution >= 4 is 5.91 Å². The minimum atomic E-state index is -0.297. The third kappa shape index (κ3) is 2.15. The van der Waals surface area contributed by atoms with Crippen molar-refractivity contribution in [3.63, 3.8) is 0 Å². The molecule has 4 heteroatoms. The lowest BCUT2D eigenvalue weighted by atomic mass is 10.4. The fourth-order valence-corrected chi connectivity index (χ4v) is 1.17. The van der Waals surface area contributed by atoms with Gasteiger partial charge in [-0.15, -0.1) is 0 Å². The number of hydrogen-bond donors (Lipinski definition) is 0. The van der Waals surface area contributed by atoms with Crippen molar-refractivity contribution in [2.45, 2.75) is 6.42 Å². The zero-order valence-electron chi connectivity index (χ0n) is 6.72. The van der Waals surface area contributed by atoms with Crippen LogP contribution in [-0.4, -0.2) is 49.2 Å². The van der Waals surface area contributed by atoms with Crippen LogP contribution in [-0.2, 0) is 4.79 Å². The SMILES string of the molecule is CN1CN(CCCF)CC1=O. The highest BCUT2D eigenvalue weighted by Crippen LogP contribution is 2.03. The maximum atomic E-state index is 11.7. The molecule has 1 rings (SSSR count). The van der Waals surface area contributed by atoms with E-state index in [0.717, 1.165) is 0 Å². The molecule has 0 saturated carbocycles. The maximum Gasteiger partial charge on any atom is 0.237 e. The van der Waals surface area contributed by atoms with E-state index in [9.17, 15) is 9.18 Å². The maximum absolute atomic E-state index is 11.7. The second kappa shape index (κ2) is 3.67. The topological polar surface area (TPSA) is 23.6 Å². The molecule has 0 radical (unpaired) electrons. The van der Waals surface area contributed by atoms with Crippen molar-refractivity contribution in [2.24, 2.45) is 0 Å². The molecule has 1 amide bonds. The molecule has 0 aromatic carbocycles. The molecule has 1 aliphatic rings. The molecule has 0 spiro atoms. The molecule has 1 aliphatic heterocycles. The lowest BCUT2D eigenvalue weighted by Gasteiger charge is -2.12. The highest BCUT2D eigenvalue weighted by Gasteiger charge is 2.22. The number of rotatable bonds is 3. The van der Waals surface area contributed by atoms with Crippen molar-refractivity contribution in [2.75, 3.05) is 33.5 Å². The number of likely N-dealkylation sites (N-methyl/N-ethyl adjacent to an activating group) is 1.